The molecule has 0 fully saturated rings. The van der Waals surface area contributed by atoms with Gasteiger partial charge in [-0.2, -0.15) is 35.3 Å². The van der Waals surface area contributed by atoms with Crippen LogP contribution in [-0.4, -0.2) is 110 Å². The SMILES string of the molecule is CCCCCCCCCCCCCCCCCCOC(=O)CCSCCC(=O)OCCCCCCCCCCCC.CCCCCCCCCCCCCCOC(=O)CCSCCC(=O)OCCCCCCCCCCCCCC.CCCCCCCCCCCCOC(=O)CCSCCC(=O)OCCCCCCCCCCCC. The quantitative estimate of drug-likeness (QED) is 0.0321. The van der Waals surface area contributed by atoms with E-state index in [1.165, 1.54) is 372 Å². The summed E-state index contributed by atoms with van der Waals surface area (Å²) in [7, 11) is 0. The summed E-state index contributed by atoms with van der Waals surface area (Å²) in [6.45, 7) is 16.9. The molecule has 0 aliphatic rings. The number of rotatable bonds is 94. The number of ether oxygens (including phenoxy) is 6. The van der Waals surface area contributed by atoms with E-state index in [-0.39, 0.29) is 35.8 Å². The largest absolute Gasteiger partial charge is 0.466 e. The zero-order valence-electron chi connectivity index (χ0n) is 77.3. The van der Waals surface area contributed by atoms with Gasteiger partial charge in [0.1, 0.15) is 0 Å². The molecule has 0 amide bonds. The van der Waals surface area contributed by atoms with E-state index in [0.717, 1.165) is 77.0 Å². The number of unbranched alkanes of at least 4 members (excludes halogenated alkanes) is 64. The zero-order valence-corrected chi connectivity index (χ0v) is 79.8. The predicted octanol–water partition coefficient (Wildman–Crippen LogP) is 32.2. The van der Waals surface area contributed by atoms with Gasteiger partial charge in [-0.15, -0.1) is 0 Å². The first kappa shape index (κ1) is 117. The van der Waals surface area contributed by atoms with Crippen molar-refractivity contribution in [3.05, 3.63) is 0 Å². The molecule has 0 aromatic carbocycles. The number of esters is 6. The lowest BCUT2D eigenvalue weighted by molar-refractivity contribution is -0.144. The normalized spacial score (nSPS) is 11.1. The van der Waals surface area contributed by atoms with Crippen LogP contribution in [0.3, 0.4) is 0 Å². The van der Waals surface area contributed by atoms with Crippen molar-refractivity contribution in [1.82, 2.24) is 0 Å². The minimum atomic E-state index is -0.114. The predicted molar refractivity (Wildman–Crippen MR) is 503 cm³/mol. The molecule has 0 saturated carbocycles. The van der Waals surface area contributed by atoms with Crippen LogP contribution >= 0.6 is 35.3 Å². The monoisotopic (exact) mass is 1680 g/mol. The summed E-state index contributed by atoms with van der Waals surface area (Å²) in [4.78, 5) is 71.1. The summed E-state index contributed by atoms with van der Waals surface area (Å²) in [5.74, 6) is 3.60. The summed E-state index contributed by atoms with van der Waals surface area (Å²) < 4.78 is 32.0. The number of thioether (sulfide) groups is 3. The molecule has 0 spiro atoms. The third-order valence-electron chi connectivity index (χ3n) is 21.8. The van der Waals surface area contributed by atoms with Gasteiger partial charge >= 0.3 is 35.8 Å². The maximum atomic E-state index is 11.9. The lowest BCUT2D eigenvalue weighted by atomic mass is 10.0. The molecule has 15 heteroatoms. The maximum Gasteiger partial charge on any atom is 0.306 e. The van der Waals surface area contributed by atoms with Gasteiger partial charge in [-0.05, 0) is 38.5 Å². The smallest absolute Gasteiger partial charge is 0.306 e. The van der Waals surface area contributed by atoms with Crippen molar-refractivity contribution in [3.63, 3.8) is 0 Å². The third-order valence-corrected chi connectivity index (χ3v) is 24.7. The molecule has 12 nitrogen and oxygen atoms in total. The third kappa shape index (κ3) is 112. The second-order valence-corrected chi connectivity index (χ2v) is 37.0. The van der Waals surface area contributed by atoms with Crippen LogP contribution in [0.4, 0.5) is 0 Å². The van der Waals surface area contributed by atoms with Crippen LogP contribution in [0.2, 0.25) is 0 Å². The lowest BCUT2D eigenvalue weighted by Crippen LogP contribution is -2.09. The average Bonchev–Trinajstić information content (AvgIpc) is 1.12. The zero-order chi connectivity index (χ0) is 84.1. The molecule has 0 bridgehead atoms. The van der Waals surface area contributed by atoms with E-state index in [1.54, 1.807) is 35.3 Å². The van der Waals surface area contributed by atoms with E-state index >= 15 is 0 Å². The van der Waals surface area contributed by atoms with Crippen LogP contribution in [0, 0.1) is 0 Å². The Labute approximate surface area is 727 Å². The van der Waals surface area contributed by atoms with Crippen molar-refractivity contribution in [2.24, 2.45) is 0 Å². The Morgan fingerprint density at radius 2 is 0.226 bits per heavy atom. The summed E-state index contributed by atoms with van der Waals surface area (Å²) in [5, 5.41) is 0. The highest BCUT2D eigenvalue weighted by molar-refractivity contribution is 7.99. The minimum Gasteiger partial charge on any atom is -0.466 e. The first-order chi connectivity index (χ1) is 56.6. The summed E-state index contributed by atoms with van der Waals surface area (Å²) in [6.07, 6.45) is 94.0. The van der Waals surface area contributed by atoms with Crippen molar-refractivity contribution in [1.29, 1.82) is 0 Å². The van der Waals surface area contributed by atoms with E-state index in [2.05, 4.69) is 41.5 Å². The Morgan fingerprint density at radius 1 is 0.139 bits per heavy atom. The number of carbonyl (C=O) groups is 6. The second kappa shape index (κ2) is 108. The van der Waals surface area contributed by atoms with Crippen LogP contribution in [0.5, 0.6) is 0 Å². The highest BCUT2D eigenvalue weighted by Gasteiger charge is 2.11. The van der Waals surface area contributed by atoms with E-state index in [4.69, 9.17) is 28.4 Å². The van der Waals surface area contributed by atoms with Crippen LogP contribution in [0.1, 0.15) is 530 Å². The van der Waals surface area contributed by atoms with Crippen molar-refractivity contribution in [2.75, 3.05) is 74.2 Å². The molecule has 0 unspecified atom stereocenters. The fourth-order valence-corrected chi connectivity index (χ4v) is 16.6. The standard InChI is InChI=1S/C36H70O4S.C34H66O4S.C30H58O4S/c1-3-5-7-9-11-13-15-16-17-18-19-20-22-24-26-28-32-40-36(38)30-34-41-33-29-35(37)39-31-27-25-23-21-14-12-10-8-6-4-2;1-3-5-7-9-11-13-15-17-19-21-23-25-29-37-33(35)27-31-39-32-28-34(36)38-30-26-24-22-20-18-16-14-12-10-8-6-4-2;1-3-5-7-9-11-13-15-17-19-21-25-33-29(31)23-27-35-28-24-30(32)34-26-22-20-18-16-14-12-10-8-6-4-2/h3-34H2,1-2H3;3-32H2,1-2H3;3-28H2,1-2H3. The van der Waals surface area contributed by atoms with E-state index < -0.39 is 0 Å². The number of carbonyl (C=O) groups excluding carboxylic acids is 6. The topological polar surface area (TPSA) is 158 Å². The lowest BCUT2D eigenvalue weighted by Gasteiger charge is -2.06. The highest BCUT2D eigenvalue weighted by atomic mass is 32.2. The highest BCUT2D eigenvalue weighted by Crippen LogP contribution is 2.20. The maximum absolute atomic E-state index is 11.9. The van der Waals surface area contributed by atoms with Crippen molar-refractivity contribution in [2.45, 2.75) is 530 Å². The van der Waals surface area contributed by atoms with Crippen LogP contribution in [0.25, 0.3) is 0 Å². The Bertz CT molecular complexity index is 1840. The molecule has 0 aliphatic heterocycles. The molecule has 0 radical (unpaired) electrons. The summed E-state index contributed by atoms with van der Waals surface area (Å²) >= 11 is 4.89. The van der Waals surface area contributed by atoms with Gasteiger partial charge < -0.3 is 28.4 Å². The van der Waals surface area contributed by atoms with Crippen LogP contribution in [0.15, 0.2) is 0 Å². The van der Waals surface area contributed by atoms with Gasteiger partial charge in [-0.3, -0.25) is 28.8 Å². The Morgan fingerprint density at radius 3 is 0.322 bits per heavy atom. The van der Waals surface area contributed by atoms with E-state index in [1.807, 2.05) is 0 Å². The summed E-state index contributed by atoms with van der Waals surface area (Å²) in [5.41, 5.74) is 0. The first-order valence-corrected chi connectivity index (χ1v) is 53.7. The molecule has 0 atom stereocenters. The van der Waals surface area contributed by atoms with Gasteiger partial charge in [-0.1, -0.05) is 452 Å². The van der Waals surface area contributed by atoms with Crippen LogP contribution < -0.4 is 0 Å². The minimum absolute atomic E-state index is 0.109. The van der Waals surface area contributed by atoms with Crippen molar-refractivity contribution in [3.8, 4) is 0 Å². The van der Waals surface area contributed by atoms with Gasteiger partial charge in [0.2, 0.25) is 0 Å². The van der Waals surface area contributed by atoms with Gasteiger partial charge in [0.05, 0.1) is 78.2 Å². The van der Waals surface area contributed by atoms with Crippen molar-refractivity contribution < 1.29 is 57.2 Å². The fraction of sp³-hybridized carbons (Fsp3) is 0.940. The second-order valence-electron chi connectivity index (χ2n) is 33.3. The Hall–Kier alpha value is -2.13. The van der Waals surface area contributed by atoms with Crippen molar-refractivity contribution >= 4 is 71.1 Å². The van der Waals surface area contributed by atoms with Gasteiger partial charge in [0, 0.05) is 34.5 Å². The molecular formula is C100H194O12S3. The first-order valence-electron chi connectivity index (χ1n) is 50.3. The molecule has 0 rings (SSSR count). The molecular weight excluding hydrogens is 1490 g/mol. The van der Waals surface area contributed by atoms with Crippen LogP contribution in [-0.2, 0) is 57.2 Å². The molecule has 684 valence electrons. The molecule has 0 aliphatic carbocycles. The fourth-order valence-electron chi connectivity index (χ4n) is 14.1. The molecule has 115 heavy (non-hydrogen) atoms. The molecule has 0 heterocycles. The van der Waals surface area contributed by atoms with Gasteiger partial charge in [0.25, 0.3) is 0 Å². The number of hydrogen-bond donors (Lipinski definition) is 0. The van der Waals surface area contributed by atoms with E-state index in [0.29, 0.717) is 113 Å². The molecule has 0 aromatic heterocycles. The molecule has 0 saturated heterocycles. The van der Waals surface area contributed by atoms with Gasteiger partial charge in [-0.25, -0.2) is 0 Å². The Kier molecular flexibility index (Phi) is 110. The molecule has 0 aromatic rings. The van der Waals surface area contributed by atoms with E-state index in [9.17, 15) is 28.8 Å². The molecule has 0 N–H and O–H groups in total. The van der Waals surface area contributed by atoms with Gasteiger partial charge in [0.15, 0.2) is 0 Å². The average molecular weight is 1680 g/mol. The number of hydrogen-bond acceptors (Lipinski definition) is 15. The Balaban J connectivity index is -0.00000164. The summed E-state index contributed by atoms with van der Waals surface area (Å²) in [6, 6.07) is 0.